The molecule has 0 spiro atoms. The molecule has 0 aromatic heterocycles. The number of halogens is 1. The predicted octanol–water partition coefficient (Wildman–Crippen LogP) is 3.60. The molecule has 1 aliphatic rings. The van der Waals surface area contributed by atoms with E-state index in [4.69, 9.17) is 0 Å². The molecule has 0 saturated carbocycles. The number of nitrogens with one attached hydrogen (secondary N) is 2. The fraction of sp³-hybridized carbons (Fsp3) is 0.176. The molecule has 0 unspecified atom stereocenters. The number of carbonyl (C=O) groups is 2. The van der Waals surface area contributed by atoms with E-state index in [-0.39, 0.29) is 11.6 Å². The van der Waals surface area contributed by atoms with Crippen LogP contribution in [0.15, 0.2) is 48.5 Å². The summed E-state index contributed by atoms with van der Waals surface area (Å²) in [5.41, 5.74) is 1.39. The highest BCUT2D eigenvalue weighted by Gasteiger charge is 2.21. The highest BCUT2D eigenvalue weighted by atomic mass is 19.1. The summed E-state index contributed by atoms with van der Waals surface area (Å²) in [7, 11) is 0. The van der Waals surface area contributed by atoms with Gasteiger partial charge in [0.25, 0.3) is 0 Å². The minimum atomic E-state index is -0.542. The number of benzene rings is 2. The zero-order valence-corrected chi connectivity index (χ0v) is 12.4. The largest absolute Gasteiger partial charge is 0.323 e. The van der Waals surface area contributed by atoms with Gasteiger partial charge in [0.05, 0.1) is 5.69 Å². The first kappa shape index (κ1) is 15.0. The summed E-state index contributed by atoms with van der Waals surface area (Å²) >= 11 is 0. The number of para-hydroxylation sites is 1. The molecule has 6 heteroatoms. The van der Waals surface area contributed by atoms with E-state index in [2.05, 4.69) is 10.6 Å². The maximum atomic E-state index is 13.5. The molecule has 2 aromatic rings. The molecular weight excluding hydrogens is 297 g/mol. The molecule has 23 heavy (non-hydrogen) atoms. The molecule has 118 valence electrons. The van der Waals surface area contributed by atoms with Crippen LogP contribution in [-0.2, 0) is 4.79 Å². The molecule has 5 nitrogen and oxygen atoms in total. The quantitative estimate of drug-likeness (QED) is 0.909. The third kappa shape index (κ3) is 3.48. The van der Waals surface area contributed by atoms with Crippen molar-refractivity contribution in [1.82, 2.24) is 0 Å². The fourth-order valence-electron chi connectivity index (χ4n) is 2.52. The summed E-state index contributed by atoms with van der Waals surface area (Å²) in [6.07, 6.45) is 1.38. The van der Waals surface area contributed by atoms with Gasteiger partial charge in [-0.1, -0.05) is 18.2 Å². The lowest BCUT2D eigenvalue weighted by Crippen LogP contribution is -2.24. The molecular formula is C17H16FN3O2. The summed E-state index contributed by atoms with van der Waals surface area (Å²) in [5, 5.41) is 5.09. The van der Waals surface area contributed by atoms with Crippen molar-refractivity contribution in [3.8, 4) is 0 Å². The van der Waals surface area contributed by atoms with E-state index in [0.717, 1.165) is 12.1 Å². The summed E-state index contributed by atoms with van der Waals surface area (Å²) < 4.78 is 13.5. The first-order valence-corrected chi connectivity index (χ1v) is 7.36. The number of carbonyl (C=O) groups excluding carboxylic acids is 2. The lowest BCUT2D eigenvalue weighted by atomic mass is 10.2. The Labute approximate surface area is 133 Å². The molecule has 0 radical (unpaired) electrons. The molecule has 0 atom stereocenters. The van der Waals surface area contributed by atoms with Crippen molar-refractivity contribution in [2.24, 2.45) is 0 Å². The van der Waals surface area contributed by atoms with E-state index < -0.39 is 11.8 Å². The van der Waals surface area contributed by atoms with Crippen LogP contribution in [0.4, 0.5) is 26.2 Å². The Morgan fingerprint density at radius 3 is 2.65 bits per heavy atom. The number of hydrogen-bond acceptors (Lipinski definition) is 2. The average Bonchev–Trinajstić information content (AvgIpc) is 2.96. The third-order valence-corrected chi connectivity index (χ3v) is 3.61. The van der Waals surface area contributed by atoms with Crippen LogP contribution >= 0.6 is 0 Å². The third-order valence-electron chi connectivity index (χ3n) is 3.61. The highest BCUT2D eigenvalue weighted by Crippen LogP contribution is 2.24. The minimum absolute atomic E-state index is 0.0814. The van der Waals surface area contributed by atoms with Crippen LogP contribution in [0.5, 0.6) is 0 Å². The maximum absolute atomic E-state index is 13.5. The number of anilines is 3. The average molecular weight is 313 g/mol. The van der Waals surface area contributed by atoms with E-state index in [1.807, 2.05) is 6.07 Å². The van der Waals surface area contributed by atoms with Gasteiger partial charge in [-0.3, -0.25) is 4.79 Å². The Balaban J connectivity index is 1.69. The van der Waals surface area contributed by atoms with Gasteiger partial charge in [-0.2, -0.15) is 0 Å². The number of nitrogens with zero attached hydrogens (tertiary/aromatic N) is 1. The number of urea groups is 1. The molecule has 0 bridgehead atoms. The maximum Gasteiger partial charge on any atom is 0.323 e. The second-order valence-electron chi connectivity index (χ2n) is 5.26. The Morgan fingerprint density at radius 2 is 1.91 bits per heavy atom. The number of amides is 3. The second-order valence-corrected chi connectivity index (χ2v) is 5.26. The smallest absolute Gasteiger partial charge is 0.312 e. The first-order valence-electron chi connectivity index (χ1n) is 7.36. The highest BCUT2D eigenvalue weighted by molar-refractivity contribution is 6.01. The molecule has 0 aliphatic carbocycles. The van der Waals surface area contributed by atoms with Gasteiger partial charge in [0.1, 0.15) is 5.82 Å². The minimum Gasteiger partial charge on any atom is -0.312 e. The normalized spacial score (nSPS) is 14.0. The van der Waals surface area contributed by atoms with Crippen molar-refractivity contribution < 1.29 is 14.0 Å². The zero-order valence-electron chi connectivity index (χ0n) is 12.4. The molecule has 3 rings (SSSR count). The van der Waals surface area contributed by atoms with Crippen LogP contribution in [0, 0.1) is 5.82 Å². The number of hydrogen-bond donors (Lipinski definition) is 2. The van der Waals surface area contributed by atoms with Gasteiger partial charge in [-0.15, -0.1) is 0 Å². The standard InChI is InChI=1S/C17H16FN3O2/c18-14-7-1-2-8-15(14)20-17(23)19-12-5-3-6-13(11-12)21-10-4-9-16(21)22/h1-3,5-8,11H,4,9-10H2,(H2,19,20,23). The van der Waals surface area contributed by atoms with Gasteiger partial charge in [0, 0.05) is 24.3 Å². The van der Waals surface area contributed by atoms with Gasteiger partial charge in [0.15, 0.2) is 0 Å². The van der Waals surface area contributed by atoms with Gasteiger partial charge in [-0.05, 0) is 36.8 Å². The summed E-state index contributed by atoms with van der Waals surface area (Å²) in [4.78, 5) is 25.4. The van der Waals surface area contributed by atoms with Crippen LogP contribution in [0.3, 0.4) is 0 Å². The Morgan fingerprint density at radius 1 is 1.09 bits per heavy atom. The van der Waals surface area contributed by atoms with E-state index in [0.29, 0.717) is 18.7 Å². The zero-order chi connectivity index (χ0) is 16.2. The molecule has 1 heterocycles. The van der Waals surface area contributed by atoms with Crippen molar-refractivity contribution in [2.45, 2.75) is 12.8 Å². The Kier molecular flexibility index (Phi) is 4.23. The summed E-state index contributed by atoms with van der Waals surface area (Å²) in [6, 6.07) is 12.4. The van der Waals surface area contributed by atoms with E-state index in [9.17, 15) is 14.0 Å². The van der Waals surface area contributed by atoms with Crippen molar-refractivity contribution in [2.75, 3.05) is 22.1 Å². The van der Waals surface area contributed by atoms with Crippen LogP contribution in [0.25, 0.3) is 0 Å². The van der Waals surface area contributed by atoms with Crippen LogP contribution in [0.2, 0.25) is 0 Å². The lowest BCUT2D eigenvalue weighted by molar-refractivity contribution is -0.117. The van der Waals surface area contributed by atoms with Crippen LogP contribution in [-0.4, -0.2) is 18.5 Å². The van der Waals surface area contributed by atoms with Gasteiger partial charge < -0.3 is 15.5 Å². The molecule has 1 aliphatic heterocycles. The van der Waals surface area contributed by atoms with Crippen LogP contribution < -0.4 is 15.5 Å². The SMILES string of the molecule is O=C(Nc1cccc(N2CCCC2=O)c1)Nc1ccccc1F. The van der Waals surface area contributed by atoms with Crippen LogP contribution in [0.1, 0.15) is 12.8 Å². The van der Waals surface area contributed by atoms with Crippen molar-refractivity contribution >= 4 is 29.0 Å². The van der Waals surface area contributed by atoms with E-state index in [1.165, 1.54) is 12.1 Å². The van der Waals surface area contributed by atoms with E-state index >= 15 is 0 Å². The fourth-order valence-corrected chi connectivity index (χ4v) is 2.52. The van der Waals surface area contributed by atoms with Gasteiger partial charge in [0.2, 0.25) is 5.91 Å². The summed E-state index contributed by atoms with van der Waals surface area (Å²) in [5.74, 6) is -0.419. The van der Waals surface area contributed by atoms with Gasteiger partial charge in [-0.25, -0.2) is 9.18 Å². The molecule has 2 aromatic carbocycles. The molecule has 2 N–H and O–H groups in total. The monoisotopic (exact) mass is 313 g/mol. The topological polar surface area (TPSA) is 61.4 Å². The Bertz CT molecular complexity index is 748. The van der Waals surface area contributed by atoms with Crippen molar-refractivity contribution in [3.63, 3.8) is 0 Å². The van der Waals surface area contributed by atoms with Crippen molar-refractivity contribution in [1.29, 1.82) is 0 Å². The lowest BCUT2D eigenvalue weighted by Gasteiger charge is -2.17. The van der Waals surface area contributed by atoms with E-state index in [1.54, 1.807) is 35.2 Å². The molecule has 3 amide bonds. The predicted molar refractivity (Wildman–Crippen MR) is 87.1 cm³/mol. The molecule has 1 saturated heterocycles. The summed E-state index contributed by atoms with van der Waals surface area (Å²) in [6.45, 7) is 0.684. The van der Waals surface area contributed by atoms with Crippen molar-refractivity contribution in [3.05, 3.63) is 54.3 Å². The number of rotatable bonds is 3. The molecule has 1 fully saturated rings. The van der Waals surface area contributed by atoms with Gasteiger partial charge >= 0.3 is 6.03 Å². The second kappa shape index (κ2) is 6.48. The Hall–Kier alpha value is -2.89. The first-order chi connectivity index (χ1) is 11.1.